The normalized spacial score (nSPS) is 22.6. The van der Waals surface area contributed by atoms with Crippen molar-refractivity contribution in [1.29, 1.82) is 0 Å². The number of thioether (sulfide) groups is 1. The number of fused-ring (bicyclic) bond motifs is 1. The van der Waals surface area contributed by atoms with Gasteiger partial charge in [0.15, 0.2) is 17.6 Å². The van der Waals surface area contributed by atoms with Gasteiger partial charge < -0.3 is 13.7 Å². The highest BCUT2D eigenvalue weighted by molar-refractivity contribution is 8.00. The smallest absolute Gasteiger partial charge is 0.358 e. The third-order valence-electron chi connectivity index (χ3n) is 4.04. The Labute approximate surface area is 155 Å². The first-order valence-electron chi connectivity index (χ1n) is 7.60. The molecule has 0 bridgehead atoms. The van der Waals surface area contributed by atoms with Crippen LogP contribution in [0.25, 0.3) is 0 Å². The van der Waals surface area contributed by atoms with Gasteiger partial charge in [0.2, 0.25) is 0 Å². The number of ether oxygens (including phenoxy) is 2. The zero-order valence-corrected chi connectivity index (χ0v) is 15.9. The van der Waals surface area contributed by atoms with Gasteiger partial charge >= 0.3 is 16.1 Å². The lowest BCUT2D eigenvalue weighted by Crippen LogP contribution is -2.65. The van der Waals surface area contributed by atoms with Crippen LogP contribution < -0.4 is 0 Å². The summed E-state index contributed by atoms with van der Waals surface area (Å²) < 4.78 is 40.1. The molecule has 3 rings (SSSR count). The highest BCUT2D eigenvalue weighted by Gasteiger charge is 2.55. The van der Waals surface area contributed by atoms with Gasteiger partial charge in [-0.25, -0.2) is 4.79 Å². The van der Waals surface area contributed by atoms with Crippen LogP contribution in [-0.4, -0.2) is 56.6 Å². The number of amides is 1. The summed E-state index contributed by atoms with van der Waals surface area (Å²) in [7, 11) is -1.61. The van der Waals surface area contributed by atoms with E-state index in [1.165, 1.54) is 31.0 Å². The van der Waals surface area contributed by atoms with Crippen molar-refractivity contribution in [3.63, 3.8) is 0 Å². The number of β-lactam (4-membered cyclic amide) rings is 1. The lowest BCUT2D eigenvalue weighted by atomic mass is 10.1. The van der Waals surface area contributed by atoms with Crippen LogP contribution >= 0.6 is 11.8 Å². The molecule has 26 heavy (non-hydrogen) atoms. The van der Waals surface area contributed by atoms with Crippen molar-refractivity contribution in [3.05, 3.63) is 41.3 Å². The summed E-state index contributed by atoms with van der Waals surface area (Å²) in [5.74, 6) is -1.34. The van der Waals surface area contributed by atoms with Crippen molar-refractivity contribution < 1.29 is 31.7 Å². The summed E-state index contributed by atoms with van der Waals surface area (Å²) in [6.07, 6.45) is -0.685. The van der Waals surface area contributed by atoms with E-state index in [1.54, 1.807) is 12.1 Å². The highest BCUT2D eigenvalue weighted by Crippen LogP contribution is 2.42. The van der Waals surface area contributed by atoms with Gasteiger partial charge in [-0.15, -0.1) is 11.8 Å². The molecular formula is C16H17NO7S2. The summed E-state index contributed by atoms with van der Waals surface area (Å²) in [5, 5.41) is -0.420. The Balaban J connectivity index is 1.97. The minimum Gasteiger partial charge on any atom is -0.464 e. The van der Waals surface area contributed by atoms with Crippen molar-refractivity contribution in [2.75, 3.05) is 20.0 Å². The van der Waals surface area contributed by atoms with Crippen LogP contribution in [0.4, 0.5) is 0 Å². The molecule has 1 aromatic carbocycles. The standard InChI is InChI=1S/C16H17NO7S2/c1-9-4-6-10(7-5-9)26(20,21)24-11-8-25-15-13(22-2)14(18)17(15)12(11)16(19)23-3/h4-7,13,15H,8H2,1-3H3/t13-,15?/m1/s1. The molecule has 0 spiro atoms. The molecule has 10 heteroatoms. The zero-order valence-electron chi connectivity index (χ0n) is 14.3. The molecule has 1 saturated heterocycles. The third kappa shape index (κ3) is 3.08. The molecular weight excluding hydrogens is 382 g/mol. The second kappa shape index (κ2) is 6.93. The first-order valence-corrected chi connectivity index (χ1v) is 10.1. The Bertz CT molecular complexity index is 876. The largest absolute Gasteiger partial charge is 0.464 e. The van der Waals surface area contributed by atoms with Crippen LogP contribution in [0.1, 0.15) is 5.56 Å². The number of carbonyl (C=O) groups excluding carboxylic acids is 2. The van der Waals surface area contributed by atoms with Gasteiger partial charge in [-0.1, -0.05) is 17.7 Å². The van der Waals surface area contributed by atoms with Gasteiger partial charge in [-0.05, 0) is 19.1 Å². The van der Waals surface area contributed by atoms with Crippen LogP contribution in [-0.2, 0) is 33.4 Å². The summed E-state index contributed by atoms with van der Waals surface area (Å²) in [4.78, 5) is 25.5. The molecule has 2 aliphatic heterocycles. The first kappa shape index (κ1) is 18.7. The maximum atomic E-state index is 12.5. The monoisotopic (exact) mass is 399 g/mol. The number of benzene rings is 1. The predicted octanol–water partition coefficient (Wildman–Crippen LogP) is 1.02. The fourth-order valence-electron chi connectivity index (χ4n) is 2.68. The molecule has 0 radical (unpaired) electrons. The van der Waals surface area contributed by atoms with E-state index in [2.05, 4.69) is 0 Å². The Morgan fingerprint density at radius 2 is 1.88 bits per heavy atom. The average Bonchev–Trinajstić information content (AvgIpc) is 2.61. The Kier molecular flexibility index (Phi) is 5.00. The van der Waals surface area contributed by atoms with Gasteiger partial charge in [0.25, 0.3) is 5.91 Å². The molecule has 2 aliphatic rings. The maximum Gasteiger partial charge on any atom is 0.358 e. The van der Waals surface area contributed by atoms with Gasteiger partial charge in [0, 0.05) is 7.11 Å². The fourth-order valence-corrected chi connectivity index (χ4v) is 5.00. The Morgan fingerprint density at radius 1 is 1.23 bits per heavy atom. The van der Waals surface area contributed by atoms with Crippen LogP contribution in [0.15, 0.2) is 40.6 Å². The van der Waals surface area contributed by atoms with Crippen molar-refractivity contribution in [2.45, 2.75) is 23.3 Å². The van der Waals surface area contributed by atoms with E-state index in [0.717, 1.165) is 17.6 Å². The van der Waals surface area contributed by atoms with E-state index >= 15 is 0 Å². The molecule has 2 heterocycles. The minimum absolute atomic E-state index is 0.0448. The highest BCUT2D eigenvalue weighted by atomic mass is 32.2. The quantitative estimate of drug-likeness (QED) is 0.411. The minimum atomic E-state index is -4.15. The third-order valence-corrected chi connectivity index (χ3v) is 6.54. The molecule has 0 aromatic heterocycles. The number of methoxy groups -OCH3 is 2. The predicted molar refractivity (Wildman–Crippen MR) is 92.4 cm³/mol. The van der Waals surface area contributed by atoms with E-state index < -0.39 is 33.5 Å². The van der Waals surface area contributed by atoms with E-state index in [4.69, 9.17) is 13.7 Å². The molecule has 1 amide bonds. The molecule has 1 unspecified atom stereocenters. The van der Waals surface area contributed by atoms with Gasteiger partial charge in [0.1, 0.15) is 10.3 Å². The number of hydrogen-bond donors (Lipinski definition) is 0. The van der Waals surface area contributed by atoms with E-state index in [9.17, 15) is 18.0 Å². The summed E-state index contributed by atoms with van der Waals surface area (Å²) in [6.45, 7) is 1.83. The SMILES string of the molecule is COC(=O)C1=C(OS(=O)(=O)c2ccc(C)cc2)CSC2[C@H](OC)C(=O)N12. The number of hydrogen-bond acceptors (Lipinski definition) is 8. The van der Waals surface area contributed by atoms with Gasteiger partial charge in [0.05, 0.1) is 12.9 Å². The molecule has 0 aliphatic carbocycles. The number of rotatable bonds is 5. The van der Waals surface area contributed by atoms with Crippen molar-refractivity contribution in [3.8, 4) is 0 Å². The summed E-state index contributed by atoms with van der Waals surface area (Å²) in [6, 6.07) is 6.11. The molecule has 1 aromatic rings. The van der Waals surface area contributed by atoms with Crippen molar-refractivity contribution in [2.24, 2.45) is 0 Å². The van der Waals surface area contributed by atoms with Crippen molar-refractivity contribution in [1.82, 2.24) is 4.90 Å². The number of nitrogens with zero attached hydrogens (tertiary/aromatic N) is 1. The second-order valence-electron chi connectivity index (χ2n) is 5.68. The summed E-state index contributed by atoms with van der Waals surface area (Å²) in [5.41, 5.74) is 0.691. The average molecular weight is 399 g/mol. The van der Waals surface area contributed by atoms with Gasteiger partial charge in [-0.2, -0.15) is 8.42 Å². The van der Waals surface area contributed by atoms with Crippen LogP contribution in [0.5, 0.6) is 0 Å². The molecule has 140 valence electrons. The molecule has 2 atom stereocenters. The molecule has 1 fully saturated rings. The second-order valence-corrected chi connectivity index (χ2v) is 8.33. The van der Waals surface area contributed by atoms with Crippen LogP contribution in [0.2, 0.25) is 0 Å². The Hall–Kier alpha value is -2.04. The first-order chi connectivity index (χ1) is 12.3. The van der Waals surface area contributed by atoms with E-state index in [1.807, 2.05) is 6.92 Å². The number of aryl methyl sites for hydroxylation is 1. The summed E-state index contributed by atoms with van der Waals surface area (Å²) >= 11 is 1.25. The zero-order chi connectivity index (χ0) is 19.1. The molecule has 0 saturated carbocycles. The van der Waals surface area contributed by atoms with Gasteiger partial charge in [-0.3, -0.25) is 9.69 Å². The molecule has 8 nitrogen and oxygen atoms in total. The number of carbonyl (C=O) groups is 2. The van der Waals surface area contributed by atoms with Crippen LogP contribution in [0.3, 0.4) is 0 Å². The lowest BCUT2D eigenvalue weighted by Gasteiger charge is -2.48. The lowest BCUT2D eigenvalue weighted by molar-refractivity contribution is -0.163. The fraction of sp³-hybridized carbons (Fsp3) is 0.375. The van der Waals surface area contributed by atoms with Crippen LogP contribution in [0, 0.1) is 6.92 Å². The molecule has 0 N–H and O–H groups in total. The maximum absolute atomic E-state index is 12.5. The Morgan fingerprint density at radius 3 is 2.46 bits per heavy atom. The topological polar surface area (TPSA) is 99.2 Å². The number of esters is 1. The van der Waals surface area contributed by atoms with E-state index in [-0.39, 0.29) is 22.1 Å². The van der Waals surface area contributed by atoms with E-state index in [0.29, 0.717) is 0 Å². The van der Waals surface area contributed by atoms with Crippen molar-refractivity contribution >= 4 is 33.8 Å².